The Bertz CT molecular complexity index is 2460. The van der Waals surface area contributed by atoms with Crippen LogP contribution < -0.4 is 0 Å². The van der Waals surface area contributed by atoms with E-state index in [0.717, 1.165) is 38.6 Å². The average molecular weight is 578 g/mol. The van der Waals surface area contributed by atoms with Crippen molar-refractivity contribution in [3.05, 3.63) is 145 Å². The third-order valence-corrected chi connectivity index (χ3v) is 9.04. The van der Waals surface area contributed by atoms with E-state index >= 15 is 0 Å². The van der Waals surface area contributed by atoms with Gasteiger partial charge in [0.1, 0.15) is 0 Å². The van der Waals surface area contributed by atoms with E-state index in [1.807, 2.05) is 36.7 Å². The van der Waals surface area contributed by atoms with E-state index < -0.39 is 0 Å². The van der Waals surface area contributed by atoms with Gasteiger partial charge in [-0.25, -0.2) is 0 Å². The standard InChI is InChI=1S/C42H31N3/c1-42(2,3)30-17-18-34-37(24-30)41(29-10-9-21-44-26-29)33-14-8-7-13-32(33)40(34)28-16-20-39-36(23-28)35-22-27(25-43)15-19-38(35)45(39)31-11-5-4-6-12-31/h4-24,26H,1-3H3. The second-order valence-corrected chi connectivity index (χ2v) is 12.8. The van der Waals surface area contributed by atoms with Crippen LogP contribution in [0, 0.1) is 11.3 Å². The maximum absolute atomic E-state index is 9.80. The first-order chi connectivity index (χ1) is 21.9. The zero-order valence-electron chi connectivity index (χ0n) is 25.5. The van der Waals surface area contributed by atoms with Crippen molar-refractivity contribution in [2.24, 2.45) is 0 Å². The first kappa shape index (κ1) is 26.9. The molecule has 214 valence electrons. The van der Waals surface area contributed by atoms with Gasteiger partial charge in [0.05, 0.1) is 22.7 Å². The molecule has 3 heteroatoms. The van der Waals surface area contributed by atoms with Gasteiger partial charge in [0.15, 0.2) is 0 Å². The topological polar surface area (TPSA) is 41.6 Å². The van der Waals surface area contributed by atoms with Gasteiger partial charge in [-0.15, -0.1) is 0 Å². The van der Waals surface area contributed by atoms with Gasteiger partial charge in [0.25, 0.3) is 0 Å². The zero-order valence-corrected chi connectivity index (χ0v) is 25.5. The van der Waals surface area contributed by atoms with Crippen molar-refractivity contribution in [3.8, 4) is 34.0 Å². The van der Waals surface area contributed by atoms with Crippen molar-refractivity contribution in [1.82, 2.24) is 9.55 Å². The summed E-state index contributed by atoms with van der Waals surface area (Å²) >= 11 is 0. The number of pyridine rings is 1. The minimum Gasteiger partial charge on any atom is -0.309 e. The Morgan fingerprint density at radius 2 is 1.24 bits per heavy atom. The maximum Gasteiger partial charge on any atom is 0.0991 e. The molecule has 0 aliphatic heterocycles. The number of nitrogens with zero attached hydrogens (tertiary/aromatic N) is 3. The van der Waals surface area contributed by atoms with E-state index in [0.29, 0.717) is 5.56 Å². The minimum atomic E-state index is 0.00281. The molecule has 3 nitrogen and oxygen atoms in total. The van der Waals surface area contributed by atoms with Gasteiger partial charge in [-0.2, -0.15) is 5.26 Å². The SMILES string of the molecule is CC(C)(C)c1ccc2c(-c3ccc4c(c3)c3cc(C#N)ccc3n4-c3ccccc3)c3ccccc3c(-c3cccnc3)c2c1. The molecule has 8 aromatic rings. The molecule has 45 heavy (non-hydrogen) atoms. The molecule has 0 radical (unpaired) electrons. The second-order valence-electron chi connectivity index (χ2n) is 12.8. The van der Waals surface area contributed by atoms with Crippen LogP contribution >= 0.6 is 0 Å². The highest BCUT2D eigenvalue weighted by Gasteiger charge is 2.21. The molecule has 2 heterocycles. The van der Waals surface area contributed by atoms with Gasteiger partial charge < -0.3 is 4.57 Å². The summed E-state index contributed by atoms with van der Waals surface area (Å²) in [6, 6.07) is 45.5. The smallest absolute Gasteiger partial charge is 0.0991 e. The van der Waals surface area contributed by atoms with Crippen LogP contribution in [0.1, 0.15) is 31.9 Å². The number of fused-ring (bicyclic) bond motifs is 5. The van der Waals surface area contributed by atoms with Crippen molar-refractivity contribution < 1.29 is 0 Å². The van der Waals surface area contributed by atoms with E-state index in [1.54, 1.807) is 0 Å². The van der Waals surface area contributed by atoms with Crippen molar-refractivity contribution in [3.63, 3.8) is 0 Å². The molecule has 0 aliphatic carbocycles. The lowest BCUT2D eigenvalue weighted by atomic mass is 9.81. The Hall–Kier alpha value is -5.72. The van der Waals surface area contributed by atoms with Crippen molar-refractivity contribution in [1.29, 1.82) is 5.26 Å². The molecule has 0 amide bonds. The monoisotopic (exact) mass is 577 g/mol. The van der Waals surface area contributed by atoms with Gasteiger partial charge in [-0.05, 0) is 104 Å². The number of para-hydroxylation sites is 1. The van der Waals surface area contributed by atoms with Crippen LogP contribution in [-0.2, 0) is 5.41 Å². The van der Waals surface area contributed by atoms with Crippen LogP contribution in [0.5, 0.6) is 0 Å². The molecule has 0 bridgehead atoms. The zero-order chi connectivity index (χ0) is 30.7. The third-order valence-electron chi connectivity index (χ3n) is 9.04. The highest BCUT2D eigenvalue weighted by atomic mass is 15.0. The van der Waals surface area contributed by atoms with E-state index in [-0.39, 0.29) is 5.41 Å². The highest BCUT2D eigenvalue weighted by Crippen LogP contribution is 2.46. The molecule has 0 unspecified atom stereocenters. The molecule has 2 aromatic heterocycles. The summed E-state index contributed by atoms with van der Waals surface area (Å²) in [5.41, 5.74) is 9.95. The Kier molecular flexibility index (Phi) is 6.08. The number of rotatable bonds is 3. The first-order valence-corrected chi connectivity index (χ1v) is 15.4. The molecule has 0 fully saturated rings. The van der Waals surface area contributed by atoms with Crippen molar-refractivity contribution in [2.45, 2.75) is 26.2 Å². The number of benzene rings is 6. The molecular weight excluding hydrogens is 546 g/mol. The maximum atomic E-state index is 9.80. The minimum absolute atomic E-state index is 0.00281. The van der Waals surface area contributed by atoms with Gasteiger partial charge >= 0.3 is 0 Å². The molecule has 0 spiro atoms. The van der Waals surface area contributed by atoms with Crippen molar-refractivity contribution >= 4 is 43.4 Å². The summed E-state index contributed by atoms with van der Waals surface area (Å²) in [6.07, 6.45) is 3.81. The lowest BCUT2D eigenvalue weighted by molar-refractivity contribution is 0.591. The molecule has 6 aromatic carbocycles. The summed E-state index contributed by atoms with van der Waals surface area (Å²) in [6.45, 7) is 6.81. The van der Waals surface area contributed by atoms with Crippen LogP contribution in [0.3, 0.4) is 0 Å². The number of hydrogen-bond donors (Lipinski definition) is 0. The van der Waals surface area contributed by atoms with Gasteiger partial charge in [0, 0.05) is 34.4 Å². The predicted octanol–water partition coefficient (Wildman–Crippen LogP) is 11.0. The number of hydrogen-bond acceptors (Lipinski definition) is 2. The quantitative estimate of drug-likeness (QED) is 0.196. The molecule has 0 atom stereocenters. The molecule has 0 saturated heterocycles. The summed E-state index contributed by atoms with van der Waals surface area (Å²) < 4.78 is 2.30. The van der Waals surface area contributed by atoms with E-state index in [4.69, 9.17) is 0 Å². The first-order valence-electron chi connectivity index (χ1n) is 15.4. The predicted molar refractivity (Wildman–Crippen MR) is 188 cm³/mol. The summed E-state index contributed by atoms with van der Waals surface area (Å²) in [5.74, 6) is 0. The summed E-state index contributed by atoms with van der Waals surface area (Å²) in [7, 11) is 0. The van der Waals surface area contributed by atoms with Crippen LogP contribution in [0.15, 0.2) is 134 Å². The van der Waals surface area contributed by atoms with Crippen LogP contribution in [0.25, 0.3) is 71.3 Å². The number of nitriles is 1. The average Bonchev–Trinajstić information content (AvgIpc) is 3.40. The normalized spacial score (nSPS) is 11.9. The van der Waals surface area contributed by atoms with E-state index in [1.165, 1.54) is 38.2 Å². The van der Waals surface area contributed by atoms with Gasteiger partial charge in [-0.3, -0.25) is 4.98 Å². The van der Waals surface area contributed by atoms with Crippen molar-refractivity contribution in [2.75, 3.05) is 0 Å². The summed E-state index contributed by atoms with van der Waals surface area (Å²) in [4.78, 5) is 4.51. The largest absolute Gasteiger partial charge is 0.309 e. The fourth-order valence-electron chi connectivity index (χ4n) is 6.88. The Balaban J connectivity index is 1.50. The van der Waals surface area contributed by atoms with Crippen LogP contribution in [0.2, 0.25) is 0 Å². The molecule has 8 rings (SSSR count). The molecular formula is C42H31N3. The Morgan fingerprint density at radius 3 is 1.93 bits per heavy atom. The van der Waals surface area contributed by atoms with E-state index in [9.17, 15) is 5.26 Å². The fraction of sp³-hybridized carbons (Fsp3) is 0.0952. The highest BCUT2D eigenvalue weighted by molar-refractivity contribution is 6.22. The Labute approximate surface area is 262 Å². The van der Waals surface area contributed by atoms with Gasteiger partial charge in [0.2, 0.25) is 0 Å². The molecule has 0 aliphatic rings. The Morgan fingerprint density at radius 1 is 0.578 bits per heavy atom. The van der Waals surface area contributed by atoms with Crippen LogP contribution in [-0.4, -0.2) is 9.55 Å². The number of aromatic nitrogens is 2. The van der Waals surface area contributed by atoms with Gasteiger partial charge in [-0.1, -0.05) is 87.5 Å². The van der Waals surface area contributed by atoms with Crippen LogP contribution in [0.4, 0.5) is 0 Å². The van der Waals surface area contributed by atoms with E-state index in [2.05, 4.69) is 133 Å². The fourth-order valence-corrected chi connectivity index (χ4v) is 6.88. The lowest BCUT2D eigenvalue weighted by Gasteiger charge is -2.23. The second kappa shape index (κ2) is 10.2. The molecule has 0 saturated carbocycles. The summed E-state index contributed by atoms with van der Waals surface area (Å²) in [5, 5.41) is 16.9. The molecule has 0 N–H and O–H groups in total. The lowest BCUT2D eigenvalue weighted by Crippen LogP contribution is -2.10. The third kappa shape index (κ3) is 4.30.